The summed E-state index contributed by atoms with van der Waals surface area (Å²) in [4.78, 5) is 30.3. The van der Waals surface area contributed by atoms with E-state index in [1.54, 1.807) is 43.3 Å². The van der Waals surface area contributed by atoms with Crippen molar-refractivity contribution >= 4 is 34.3 Å². The first-order valence-electron chi connectivity index (χ1n) is 9.37. The number of aromatic nitrogens is 2. The van der Waals surface area contributed by atoms with E-state index in [-0.39, 0.29) is 17.8 Å². The highest BCUT2D eigenvalue weighted by molar-refractivity contribution is 8.00. The molecule has 4 rings (SSSR count). The SMILES string of the molecule is CC(Sc1nc2ccccc2c(=O)n1Cc1ccco1)C(=O)Nc1ccc(F)c(F)c1. The number of fused-ring (bicyclic) bond motifs is 1. The van der Waals surface area contributed by atoms with Crippen molar-refractivity contribution in [1.29, 1.82) is 0 Å². The van der Waals surface area contributed by atoms with Crippen LogP contribution in [0.3, 0.4) is 0 Å². The summed E-state index contributed by atoms with van der Waals surface area (Å²) < 4.78 is 33.3. The summed E-state index contributed by atoms with van der Waals surface area (Å²) in [7, 11) is 0. The number of hydrogen-bond acceptors (Lipinski definition) is 5. The second-order valence-corrected chi connectivity index (χ2v) is 8.07. The summed E-state index contributed by atoms with van der Waals surface area (Å²) in [6.07, 6.45) is 1.51. The lowest BCUT2D eigenvalue weighted by molar-refractivity contribution is -0.115. The van der Waals surface area contributed by atoms with Gasteiger partial charge in [-0.05, 0) is 43.3 Å². The highest BCUT2D eigenvalue weighted by atomic mass is 32.2. The molecule has 0 saturated heterocycles. The molecule has 9 heteroatoms. The standard InChI is InChI=1S/C22H17F2N3O3S/c1-13(20(28)25-14-8-9-17(23)18(24)11-14)31-22-26-19-7-3-2-6-16(19)21(29)27(22)12-15-5-4-10-30-15/h2-11,13H,12H2,1H3,(H,25,28). The van der Waals surface area contributed by atoms with Crippen molar-refractivity contribution in [2.45, 2.75) is 23.9 Å². The molecule has 2 aromatic carbocycles. The molecule has 1 amide bonds. The quantitative estimate of drug-likeness (QED) is 0.354. The minimum Gasteiger partial charge on any atom is -0.467 e. The molecule has 1 atom stereocenters. The number of nitrogens with one attached hydrogen (secondary N) is 1. The van der Waals surface area contributed by atoms with Crippen molar-refractivity contribution in [3.8, 4) is 0 Å². The molecule has 2 heterocycles. The van der Waals surface area contributed by atoms with E-state index in [4.69, 9.17) is 4.42 Å². The van der Waals surface area contributed by atoms with Crippen LogP contribution < -0.4 is 10.9 Å². The number of para-hydroxylation sites is 1. The van der Waals surface area contributed by atoms with E-state index in [0.29, 0.717) is 21.8 Å². The Bertz CT molecular complexity index is 1310. The maximum Gasteiger partial charge on any atom is 0.262 e. The summed E-state index contributed by atoms with van der Waals surface area (Å²) in [5.41, 5.74) is 0.396. The Hall–Kier alpha value is -3.46. The van der Waals surface area contributed by atoms with Crippen LogP contribution in [0.25, 0.3) is 10.9 Å². The van der Waals surface area contributed by atoms with Crippen LogP contribution in [-0.4, -0.2) is 20.7 Å². The molecular formula is C22H17F2N3O3S. The van der Waals surface area contributed by atoms with Crippen molar-refractivity contribution in [2.75, 3.05) is 5.32 Å². The van der Waals surface area contributed by atoms with Gasteiger partial charge in [0.1, 0.15) is 5.76 Å². The minimum absolute atomic E-state index is 0.135. The maximum atomic E-state index is 13.4. The van der Waals surface area contributed by atoms with E-state index >= 15 is 0 Å². The fraction of sp³-hybridized carbons (Fsp3) is 0.136. The van der Waals surface area contributed by atoms with Crippen LogP contribution in [-0.2, 0) is 11.3 Å². The molecule has 0 fully saturated rings. The lowest BCUT2D eigenvalue weighted by Gasteiger charge is -2.16. The predicted molar refractivity (Wildman–Crippen MR) is 114 cm³/mol. The molecule has 0 aliphatic carbocycles. The Morgan fingerprint density at radius 2 is 1.97 bits per heavy atom. The molecule has 0 bridgehead atoms. The van der Waals surface area contributed by atoms with Crippen LogP contribution in [0.15, 0.2) is 75.2 Å². The van der Waals surface area contributed by atoms with Crippen molar-refractivity contribution in [3.63, 3.8) is 0 Å². The largest absolute Gasteiger partial charge is 0.467 e. The number of benzene rings is 2. The Labute approximate surface area is 179 Å². The number of nitrogens with zero attached hydrogens (tertiary/aromatic N) is 2. The van der Waals surface area contributed by atoms with Gasteiger partial charge in [-0.3, -0.25) is 14.2 Å². The monoisotopic (exact) mass is 441 g/mol. The molecule has 0 aliphatic rings. The number of halogens is 2. The number of thioether (sulfide) groups is 1. The Kier molecular flexibility index (Phi) is 5.85. The van der Waals surface area contributed by atoms with Crippen molar-refractivity contribution < 1.29 is 18.0 Å². The first-order chi connectivity index (χ1) is 14.9. The fourth-order valence-corrected chi connectivity index (χ4v) is 3.87. The number of carbonyl (C=O) groups excluding carboxylic acids is 1. The van der Waals surface area contributed by atoms with E-state index in [1.165, 1.54) is 16.9 Å². The summed E-state index contributed by atoms with van der Waals surface area (Å²) in [5.74, 6) is -1.92. The predicted octanol–water partition coefficient (Wildman–Crippen LogP) is 4.44. The van der Waals surface area contributed by atoms with Gasteiger partial charge in [0, 0.05) is 11.8 Å². The lowest BCUT2D eigenvalue weighted by atomic mass is 10.2. The molecule has 4 aromatic rings. The Balaban J connectivity index is 1.63. The van der Waals surface area contributed by atoms with Gasteiger partial charge >= 0.3 is 0 Å². The van der Waals surface area contributed by atoms with Gasteiger partial charge in [0.2, 0.25) is 5.91 Å². The number of hydrogen-bond donors (Lipinski definition) is 1. The first-order valence-corrected chi connectivity index (χ1v) is 10.2. The molecular weight excluding hydrogens is 424 g/mol. The normalized spacial score (nSPS) is 12.1. The molecule has 0 aliphatic heterocycles. The topological polar surface area (TPSA) is 77.1 Å². The first kappa shape index (κ1) is 20.8. The van der Waals surface area contributed by atoms with E-state index in [1.807, 2.05) is 0 Å². The average Bonchev–Trinajstić information content (AvgIpc) is 3.27. The van der Waals surface area contributed by atoms with Crippen molar-refractivity contribution in [3.05, 3.63) is 88.6 Å². The number of furan rings is 1. The van der Waals surface area contributed by atoms with Gasteiger partial charge in [0.25, 0.3) is 5.56 Å². The second-order valence-electron chi connectivity index (χ2n) is 6.76. The second kappa shape index (κ2) is 8.73. The van der Waals surface area contributed by atoms with E-state index < -0.39 is 22.8 Å². The smallest absolute Gasteiger partial charge is 0.262 e. The molecule has 6 nitrogen and oxygen atoms in total. The molecule has 158 valence electrons. The zero-order valence-corrected chi connectivity index (χ0v) is 17.2. The van der Waals surface area contributed by atoms with Crippen molar-refractivity contribution in [2.24, 2.45) is 0 Å². The number of rotatable bonds is 6. The minimum atomic E-state index is -1.05. The third-order valence-corrected chi connectivity index (χ3v) is 5.65. The van der Waals surface area contributed by atoms with Gasteiger partial charge in [0.15, 0.2) is 16.8 Å². The van der Waals surface area contributed by atoms with Crippen LogP contribution in [0.1, 0.15) is 12.7 Å². The summed E-state index contributed by atoms with van der Waals surface area (Å²) in [5, 5.41) is 2.67. The van der Waals surface area contributed by atoms with Gasteiger partial charge in [-0.25, -0.2) is 13.8 Å². The molecule has 31 heavy (non-hydrogen) atoms. The van der Waals surface area contributed by atoms with E-state index in [9.17, 15) is 18.4 Å². The molecule has 0 spiro atoms. The fourth-order valence-electron chi connectivity index (χ4n) is 2.96. The Morgan fingerprint density at radius 3 is 2.71 bits per heavy atom. The van der Waals surface area contributed by atoms with E-state index in [2.05, 4.69) is 10.3 Å². The van der Waals surface area contributed by atoms with Crippen LogP contribution >= 0.6 is 11.8 Å². The maximum absolute atomic E-state index is 13.4. The van der Waals surface area contributed by atoms with Gasteiger partial charge in [-0.15, -0.1) is 0 Å². The third kappa shape index (κ3) is 4.51. The zero-order valence-electron chi connectivity index (χ0n) is 16.3. The highest BCUT2D eigenvalue weighted by Gasteiger charge is 2.20. The lowest BCUT2D eigenvalue weighted by Crippen LogP contribution is -2.27. The Morgan fingerprint density at radius 1 is 1.16 bits per heavy atom. The van der Waals surface area contributed by atoms with Gasteiger partial charge < -0.3 is 9.73 Å². The highest BCUT2D eigenvalue weighted by Crippen LogP contribution is 2.25. The summed E-state index contributed by atoms with van der Waals surface area (Å²) in [6.45, 7) is 1.79. The van der Waals surface area contributed by atoms with Crippen LogP contribution in [0.2, 0.25) is 0 Å². The van der Waals surface area contributed by atoms with Gasteiger partial charge in [-0.2, -0.15) is 0 Å². The molecule has 0 radical (unpaired) electrons. The molecule has 2 aromatic heterocycles. The van der Waals surface area contributed by atoms with Crippen LogP contribution in [0.4, 0.5) is 14.5 Å². The summed E-state index contributed by atoms with van der Waals surface area (Å²) >= 11 is 1.09. The number of amides is 1. The van der Waals surface area contributed by atoms with Crippen LogP contribution in [0, 0.1) is 11.6 Å². The number of anilines is 1. The van der Waals surface area contributed by atoms with Gasteiger partial charge in [-0.1, -0.05) is 23.9 Å². The average molecular weight is 441 g/mol. The van der Waals surface area contributed by atoms with E-state index in [0.717, 1.165) is 23.9 Å². The third-order valence-electron chi connectivity index (χ3n) is 4.56. The van der Waals surface area contributed by atoms with Gasteiger partial charge in [0.05, 0.1) is 29.0 Å². The number of carbonyl (C=O) groups is 1. The molecule has 1 unspecified atom stereocenters. The molecule has 0 saturated carbocycles. The molecule has 1 N–H and O–H groups in total. The van der Waals surface area contributed by atoms with Crippen LogP contribution in [0.5, 0.6) is 0 Å². The summed E-state index contributed by atoms with van der Waals surface area (Å²) in [6, 6.07) is 13.5. The zero-order chi connectivity index (χ0) is 22.0. The van der Waals surface area contributed by atoms with Crippen molar-refractivity contribution in [1.82, 2.24) is 9.55 Å².